The van der Waals surface area contributed by atoms with Crippen molar-refractivity contribution >= 4 is 5.91 Å². The summed E-state index contributed by atoms with van der Waals surface area (Å²) in [5.74, 6) is 8.47. The van der Waals surface area contributed by atoms with Gasteiger partial charge in [0.15, 0.2) is 0 Å². The molecule has 6 heteroatoms. The van der Waals surface area contributed by atoms with Crippen LogP contribution in [-0.2, 0) is 10.4 Å². The number of carbonyl (C=O) groups is 1. The second-order valence-electron chi connectivity index (χ2n) is 9.65. The van der Waals surface area contributed by atoms with Gasteiger partial charge in [-0.3, -0.25) is 4.79 Å². The first kappa shape index (κ1) is 30.6. The monoisotopic (exact) mass is 543 g/mol. The lowest BCUT2D eigenvalue weighted by Gasteiger charge is -2.31. The maximum Gasteiger partial charge on any atom is 0.220 e. The standard InChI is InChI=1S/C34H41NO5/c1-5-6-7-11-24-35-33(36)13-10-8-9-12-26-25-29(18-23-32(26)40-4)34(37,27-14-19-30(38-2)20-15-27)28-16-21-31(39-3)22-17-28/h14-23,25,37H,5-8,10-11,13,24H2,1-4H3,(H,35,36). The van der Waals surface area contributed by atoms with Crippen molar-refractivity contribution in [3.05, 3.63) is 89.0 Å². The van der Waals surface area contributed by atoms with Gasteiger partial charge in [-0.15, -0.1) is 0 Å². The summed E-state index contributed by atoms with van der Waals surface area (Å²) in [6.07, 6.45) is 6.27. The van der Waals surface area contributed by atoms with Crippen LogP contribution >= 0.6 is 0 Å². The van der Waals surface area contributed by atoms with Gasteiger partial charge in [0.1, 0.15) is 22.8 Å². The largest absolute Gasteiger partial charge is 0.497 e. The molecule has 0 aromatic heterocycles. The number of hydrogen-bond donors (Lipinski definition) is 2. The van der Waals surface area contributed by atoms with Crippen LogP contribution < -0.4 is 19.5 Å². The van der Waals surface area contributed by atoms with Crippen molar-refractivity contribution in [2.45, 2.75) is 57.5 Å². The first-order chi connectivity index (χ1) is 19.5. The second-order valence-corrected chi connectivity index (χ2v) is 9.65. The Morgan fingerprint density at radius 3 is 1.95 bits per heavy atom. The Labute approximate surface area is 238 Å². The summed E-state index contributed by atoms with van der Waals surface area (Å²) < 4.78 is 16.2. The van der Waals surface area contributed by atoms with Gasteiger partial charge in [0.2, 0.25) is 5.91 Å². The van der Waals surface area contributed by atoms with E-state index in [1.54, 1.807) is 21.3 Å². The predicted molar refractivity (Wildman–Crippen MR) is 159 cm³/mol. The fourth-order valence-electron chi connectivity index (χ4n) is 4.56. The summed E-state index contributed by atoms with van der Waals surface area (Å²) in [5, 5.41) is 15.3. The summed E-state index contributed by atoms with van der Waals surface area (Å²) in [4.78, 5) is 12.1. The average molecular weight is 544 g/mol. The van der Waals surface area contributed by atoms with E-state index in [9.17, 15) is 9.90 Å². The molecule has 0 fully saturated rings. The topological polar surface area (TPSA) is 77.0 Å². The Morgan fingerprint density at radius 2 is 1.40 bits per heavy atom. The van der Waals surface area contributed by atoms with E-state index in [4.69, 9.17) is 14.2 Å². The van der Waals surface area contributed by atoms with Gasteiger partial charge in [-0.25, -0.2) is 0 Å². The number of ether oxygens (including phenoxy) is 3. The number of rotatable bonds is 14. The van der Waals surface area contributed by atoms with Crippen molar-refractivity contribution < 1.29 is 24.1 Å². The quantitative estimate of drug-likeness (QED) is 0.144. The molecule has 0 saturated carbocycles. The van der Waals surface area contributed by atoms with Gasteiger partial charge >= 0.3 is 0 Å². The highest BCUT2D eigenvalue weighted by Crippen LogP contribution is 2.39. The fourth-order valence-corrected chi connectivity index (χ4v) is 4.56. The van der Waals surface area contributed by atoms with Crippen LogP contribution in [0, 0.1) is 11.8 Å². The average Bonchev–Trinajstić information content (AvgIpc) is 3.00. The summed E-state index contributed by atoms with van der Waals surface area (Å²) >= 11 is 0. The van der Waals surface area contributed by atoms with Gasteiger partial charge in [0.25, 0.3) is 0 Å². The first-order valence-electron chi connectivity index (χ1n) is 13.9. The van der Waals surface area contributed by atoms with Crippen LogP contribution in [-0.4, -0.2) is 38.9 Å². The van der Waals surface area contributed by atoms with Gasteiger partial charge in [-0.1, -0.05) is 68.4 Å². The molecule has 0 unspecified atom stereocenters. The molecular formula is C34H41NO5. The molecule has 3 rings (SSSR count). The summed E-state index contributed by atoms with van der Waals surface area (Å²) in [7, 11) is 4.82. The van der Waals surface area contributed by atoms with E-state index in [-0.39, 0.29) is 5.91 Å². The normalized spacial score (nSPS) is 10.8. The van der Waals surface area contributed by atoms with E-state index in [0.717, 1.165) is 19.4 Å². The Hall–Kier alpha value is -3.95. The molecule has 1 amide bonds. The second kappa shape index (κ2) is 15.6. The minimum Gasteiger partial charge on any atom is -0.497 e. The summed E-state index contributed by atoms with van der Waals surface area (Å²) in [6.45, 7) is 2.91. The van der Waals surface area contributed by atoms with Gasteiger partial charge in [-0.05, 0) is 65.9 Å². The van der Waals surface area contributed by atoms with Gasteiger partial charge in [-0.2, -0.15) is 0 Å². The van der Waals surface area contributed by atoms with Crippen LogP contribution in [0.3, 0.4) is 0 Å². The smallest absolute Gasteiger partial charge is 0.220 e. The molecule has 0 bridgehead atoms. The molecule has 0 aliphatic heterocycles. The third kappa shape index (κ3) is 8.03. The number of hydrogen-bond acceptors (Lipinski definition) is 5. The number of aliphatic hydroxyl groups is 1. The molecule has 6 nitrogen and oxygen atoms in total. The van der Waals surface area contributed by atoms with Crippen molar-refractivity contribution in [3.8, 4) is 29.1 Å². The molecular weight excluding hydrogens is 502 g/mol. The van der Waals surface area contributed by atoms with Gasteiger partial charge in [0.05, 0.1) is 26.9 Å². The molecule has 0 saturated heterocycles. The molecule has 0 atom stereocenters. The Kier molecular flexibility index (Phi) is 11.9. The van der Waals surface area contributed by atoms with Crippen LogP contribution in [0.25, 0.3) is 0 Å². The third-order valence-corrected chi connectivity index (χ3v) is 6.91. The number of carbonyl (C=O) groups excluding carboxylic acids is 1. The molecule has 0 aliphatic carbocycles. The lowest BCUT2D eigenvalue weighted by molar-refractivity contribution is -0.121. The zero-order valence-electron chi connectivity index (χ0n) is 24.1. The molecule has 0 spiro atoms. The molecule has 3 aromatic carbocycles. The lowest BCUT2D eigenvalue weighted by atomic mass is 9.80. The van der Waals surface area contributed by atoms with E-state index < -0.39 is 5.60 Å². The minimum atomic E-state index is -1.46. The highest BCUT2D eigenvalue weighted by molar-refractivity contribution is 5.75. The van der Waals surface area contributed by atoms with E-state index >= 15 is 0 Å². The maximum atomic E-state index is 12.3. The summed E-state index contributed by atoms with van der Waals surface area (Å²) in [6, 6.07) is 20.3. The van der Waals surface area contributed by atoms with Gasteiger partial charge in [0, 0.05) is 19.4 Å². The van der Waals surface area contributed by atoms with Crippen LogP contribution in [0.4, 0.5) is 0 Å². The van der Waals surface area contributed by atoms with Crippen molar-refractivity contribution in [2.75, 3.05) is 27.9 Å². The van der Waals surface area contributed by atoms with E-state index in [1.165, 1.54) is 12.8 Å². The molecule has 212 valence electrons. The maximum absolute atomic E-state index is 12.3. The lowest BCUT2D eigenvalue weighted by Crippen LogP contribution is -2.29. The Balaban J connectivity index is 1.82. The molecule has 3 aromatic rings. The fraction of sp³-hybridized carbons (Fsp3) is 0.382. The number of methoxy groups -OCH3 is 3. The van der Waals surface area contributed by atoms with Crippen LogP contribution in [0.2, 0.25) is 0 Å². The molecule has 0 radical (unpaired) electrons. The Morgan fingerprint density at radius 1 is 0.800 bits per heavy atom. The SMILES string of the molecule is CCCCCCNC(=O)CCCC#Cc1cc(C(O)(c2ccc(OC)cc2)c2ccc(OC)cc2)ccc1OC. The van der Waals surface area contributed by atoms with Crippen molar-refractivity contribution in [3.63, 3.8) is 0 Å². The number of amides is 1. The molecule has 40 heavy (non-hydrogen) atoms. The van der Waals surface area contributed by atoms with Crippen LogP contribution in [0.5, 0.6) is 17.2 Å². The highest BCUT2D eigenvalue weighted by atomic mass is 16.5. The minimum absolute atomic E-state index is 0.0712. The number of unbranched alkanes of at least 4 members (excludes halogenated alkanes) is 4. The molecule has 0 heterocycles. The van der Waals surface area contributed by atoms with E-state index in [2.05, 4.69) is 24.1 Å². The Bertz CT molecular complexity index is 1220. The number of benzene rings is 3. The molecule has 0 aliphatic rings. The first-order valence-corrected chi connectivity index (χ1v) is 13.9. The zero-order chi connectivity index (χ0) is 28.8. The van der Waals surface area contributed by atoms with Crippen molar-refractivity contribution in [1.82, 2.24) is 5.32 Å². The zero-order valence-corrected chi connectivity index (χ0v) is 24.1. The highest BCUT2D eigenvalue weighted by Gasteiger charge is 2.34. The predicted octanol–water partition coefficient (Wildman–Crippen LogP) is 6.21. The van der Waals surface area contributed by atoms with Gasteiger partial charge < -0.3 is 24.6 Å². The van der Waals surface area contributed by atoms with E-state index in [0.29, 0.717) is 58.8 Å². The van der Waals surface area contributed by atoms with Crippen LogP contribution in [0.15, 0.2) is 66.7 Å². The number of nitrogens with one attached hydrogen (secondary N) is 1. The third-order valence-electron chi connectivity index (χ3n) is 6.91. The summed E-state index contributed by atoms with van der Waals surface area (Å²) in [5.41, 5.74) is 1.22. The van der Waals surface area contributed by atoms with Crippen molar-refractivity contribution in [1.29, 1.82) is 0 Å². The molecule has 2 N–H and O–H groups in total. The van der Waals surface area contributed by atoms with Crippen LogP contribution in [0.1, 0.15) is 74.1 Å². The van der Waals surface area contributed by atoms with E-state index in [1.807, 2.05) is 66.7 Å². The van der Waals surface area contributed by atoms with Crippen molar-refractivity contribution in [2.24, 2.45) is 0 Å².